The fourth-order valence-electron chi connectivity index (χ4n) is 2.52. The number of nitrogens with zero attached hydrogens (tertiary/aromatic N) is 1. The van der Waals surface area contributed by atoms with Gasteiger partial charge in [0.1, 0.15) is 0 Å². The van der Waals surface area contributed by atoms with Gasteiger partial charge in [-0.1, -0.05) is 6.07 Å². The summed E-state index contributed by atoms with van der Waals surface area (Å²) in [5.74, 6) is -2.74. The molecule has 0 aliphatic rings. The highest BCUT2D eigenvalue weighted by atomic mass is 19.4. The smallest absolute Gasteiger partial charge is 0.294 e. The largest absolute Gasteiger partial charge is 0.417 e. The summed E-state index contributed by atoms with van der Waals surface area (Å²) in [5, 5.41) is 8.72. The van der Waals surface area contributed by atoms with Crippen molar-refractivity contribution in [3.63, 3.8) is 0 Å². The van der Waals surface area contributed by atoms with Crippen molar-refractivity contribution in [1.29, 1.82) is 5.26 Å². The Balaban J connectivity index is 2.42. The number of rotatable bonds is 4. The number of ketones is 2. The van der Waals surface area contributed by atoms with E-state index < -0.39 is 69.9 Å². The number of halogens is 9. The molecular formula is C19H8F9NO2. The number of benzene rings is 2. The maximum absolute atomic E-state index is 13.0. The second kappa shape index (κ2) is 8.05. The lowest BCUT2D eigenvalue weighted by Crippen LogP contribution is -2.16. The van der Waals surface area contributed by atoms with Crippen LogP contribution in [-0.4, -0.2) is 11.6 Å². The van der Waals surface area contributed by atoms with Gasteiger partial charge in [-0.05, 0) is 30.3 Å². The first-order chi connectivity index (χ1) is 14.0. The van der Waals surface area contributed by atoms with E-state index in [4.69, 9.17) is 5.26 Å². The topological polar surface area (TPSA) is 57.9 Å². The van der Waals surface area contributed by atoms with Crippen LogP contribution in [0.5, 0.6) is 0 Å². The van der Waals surface area contributed by atoms with Crippen molar-refractivity contribution in [2.45, 2.75) is 24.9 Å². The van der Waals surface area contributed by atoms with Gasteiger partial charge in [-0.15, -0.1) is 0 Å². The van der Waals surface area contributed by atoms with Crippen LogP contribution in [0.1, 0.15) is 49.4 Å². The van der Waals surface area contributed by atoms with Gasteiger partial charge < -0.3 is 0 Å². The second-order valence-corrected chi connectivity index (χ2v) is 6.19. The summed E-state index contributed by atoms with van der Waals surface area (Å²) in [6, 6.07) is 3.01. The molecule has 0 unspecified atom stereocenters. The number of hydrogen-bond donors (Lipinski definition) is 0. The maximum Gasteiger partial charge on any atom is 0.417 e. The molecule has 2 aromatic carbocycles. The van der Waals surface area contributed by atoms with Gasteiger partial charge in [-0.3, -0.25) is 9.59 Å². The lowest BCUT2D eigenvalue weighted by atomic mass is 9.96. The summed E-state index contributed by atoms with van der Waals surface area (Å²) in [4.78, 5) is 24.3. The summed E-state index contributed by atoms with van der Waals surface area (Å²) < 4.78 is 116. The van der Waals surface area contributed by atoms with Crippen LogP contribution in [0.15, 0.2) is 36.4 Å². The highest BCUT2D eigenvalue weighted by Crippen LogP contribution is 2.37. The third-order valence-electron chi connectivity index (χ3n) is 4.00. The molecule has 0 spiro atoms. The fourth-order valence-corrected chi connectivity index (χ4v) is 2.52. The second-order valence-electron chi connectivity index (χ2n) is 6.19. The van der Waals surface area contributed by atoms with Gasteiger partial charge in [0.15, 0.2) is 11.6 Å². The van der Waals surface area contributed by atoms with Crippen molar-refractivity contribution >= 4 is 11.6 Å². The average molecular weight is 453 g/mol. The Kier molecular flexibility index (Phi) is 6.21. The Morgan fingerprint density at radius 1 is 0.710 bits per heavy atom. The molecule has 0 atom stereocenters. The number of carbonyl (C=O) groups is 2. The molecule has 3 nitrogen and oxygen atoms in total. The third-order valence-corrected chi connectivity index (χ3v) is 4.00. The molecule has 0 bridgehead atoms. The van der Waals surface area contributed by atoms with Crippen LogP contribution in [0.2, 0.25) is 0 Å². The molecule has 2 rings (SSSR count). The number of alkyl halides is 9. The van der Waals surface area contributed by atoms with E-state index in [2.05, 4.69) is 0 Å². The zero-order valence-corrected chi connectivity index (χ0v) is 14.8. The molecule has 2 aromatic rings. The molecule has 0 amide bonds. The van der Waals surface area contributed by atoms with E-state index >= 15 is 0 Å². The molecule has 0 fully saturated rings. The highest BCUT2D eigenvalue weighted by molar-refractivity contribution is 6.13. The van der Waals surface area contributed by atoms with Crippen LogP contribution < -0.4 is 0 Å². The van der Waals surface area contributed by atoms with Crippen LogP contribution >= 0.6 is 0 Å². The predicted octanol–water partition coefficient (Wildman–Crippen LogP) is 6.07. The molecule has 0 aliphatic heterocycles. The van der Waals surface area contributed by atoms with Crippen molar-refractivity contribution in [2.75, 3.05) is 0 Å². The van der Waals surface area contributed by atoms with E-state index in [1.807, 2.05) is 0 Å². The van der Waals surface area contributed by atoms with Crippen LogP contribution in [-0.2, 0) is 18.5 Å². The minimum atomic E-state index is -5.23. The number of carbonyl (C=O) groups excluding carboxylic acids is 2. The summed E-state index contributed by atoms with van der Waals surface area (Å²) >= 11 is 0. The van der Waals surface area contributed by atoms with Crippen molar-refractivity contribution in [2.24, 2.45) is 0 Å². The average Bonchev–Trinajstić information content (AvgIpc) is 2.64. The van der Waals surface area contributed by atoms with Gasteiger partial charge in [0.25, 0.3) is 0 Å². The SMILES string of the molecule is N#Cc1ccc(C(=O)CC(=O)c2cc(C(F)(F)F)cc(C(F)(F)F)c2)cc1C(F)(F)F. The zero-order valence-electron chi connectivity index (χ0n) is 14.8. The third kappa shape index (κ3) is 5.62. The first-order valence-corrected chi connectivity index (χ1v) is 8.01. The Labute approximate surface area is 167 Å². The molecular weight excluding hydrogens is 445 g/mol. The molecule has 164 valence electrons. The monoisotopic (exact) mass is 453 g/mol. The summed E-state index contributed by atoms with van der Waals surface area (Å²) in [7, 11) is 0. The first kappa shape index (κ1) is 23.9. The van der Waals surface area contributed by atoms with Crippen LogP contribution in [0, 0.1) is 11.3 Å². The van der Waals surface area contributed by atoms with E-state index in [1.165, 1.54) is 6.07 Å². The molecule has 0 saturated heterocycles. The standard InChI is InChI=1S/C19H8F9NO2/c20-17(21,22)12-3-11(4-13(6-12)18(23,24)25)16(31)7-15(30)9-1-2-10(8-29)14(5-9)19(26,27)28/h1-6H,7H2. The van der Waals surface area contributed by atoms with Gasteiger partial charge in [0.2, 0.25) is 0 Å². The number of nitriles is 1. The first-order valence-electron chi connectivity index (χ1n) is 8.01. The quantitative estimate of drug-likeness (QED) is 0.321. The number of hydrogen-bond acceptors (Lipinski definition) is 3. The van der Waals surface area contributed by atoms with E-state index in [9.17, 15) is 49.1 Å². The summed E-state index contributed by atoms with van der Waals surface area (Å²) in [6.45, 7) is 0. The van der Waals surface area contributed by atoms with E-state index in [1.54, 1.807) is 0 Å². The van der Waals surface area contributed by atoms with Crippen LogP contribution in [0.25, 0.3) is 0 Å². The molecule has 0 saturated carbocycles. The molecule has 0 heterocycles. The van der Waals surface area contributed by atoms with Crippen LogP contribution in [0.4, 0.5) is 39.5 Å². The molecule has 12 heteroatoms. The van der Waals surface area contributed by atoms with Gasteiger partial charge >= 0.3 is 18.5 Å². The molecule has 0 N–H and O–H groups in total. The van der Waals surface area contributed by atoms with E-state index in [0.717, 1.165) is 6.07 Å². The molecule has 0 radical (unpaired) electrons. The van der Waals surface area contributed by atoms with Crippen molar-refractivity contribution in [3.8, 4) is 6.07 Å². The zero-order chi connectivity index (χ0) is 23.8. The van der Waals surface area contributed by atoms with Crippen molar-refractivity contribution in [3.05, 3.63) is 69.8 Å². The van der Waals surface area contributed by atoms with Gasteiger partial charge in [-0.2, -0.15) is 44.8 Å². The van der Waals surface area contributed by atoms with Gasteiger partial charge in [0.05, 0.1) is 34.7 Å². The van der Waals surface area contributed by atoms with Crippen molar-refractivity contribution < 1.29 is 49.1 Å². The Bertz CT molecular complexity index is 1040. The van der Waals surface area contributed by atoms with Crippen molar-refractivity contribution in [1.82, 2.24) is 0 Å². The Hall–Kier alpha value is -3.36. The van der Waals surface area contributed by atoms with E-state index in [-0.39, 0.29) is 24.3 Å². The van der Waals surface area contributed by atoms with Crippen LogP contribution in [0.3, 0.4) is 0 Å². The minimum Gasteiger partial charge on any atom is -0.294 e. The molecule has 0 aromatic heterocycles. The van der Waals surface area contributed by atoms with E-state index in [0.29, 0.717) is 6.07 Å². The predicted molar refractivity (Wildman–Crippen MR) is 85.9 cm³/mol. The Morgan fingerprint density at radius 2 is 1.19 bits per heavy atom. The lowest BCUT2D eigenvalue weighted by Gasteiger charge is -2.14. The normalized spacial score (nSPS) is 12.4. The Morgan fingerprint density at radius 3 is 1.61 bits per heavy atom. The lowest BCUT2D eigenvalue weighted by molar-refractivity contribution is -0.143. The fraction of sp³-hybridized carbons (Fsp3) is 0.211. The highest BCUT2D eigenvalue weighted by Gasteiger charge is 2.38. The summed E-state index contributed by atoms with van der Waals surface area (Å²) in [6.07, 6.45) is -16.8. The van der Waals surface area contributed by atoms with Gasteiger partial charge in [0, 0.05) is 11.1 Å². The maximum atomic E-state index is 13.0. The van der Waals surface area contributed by atoms with Gasteiger partial charge in [-0.25, -0.2) is 0 Å². The molecule has 0 aliphatic carbocycles. The molecule has 31 heavy (non-hydrogen) atoms. The minimum absolute atomic E-state index is 0.116. The summed E-state index contributed by atoms with van der Waals surface area (Å²) in [5.41, 5.74) is -7.63. The number of Topliss-reactive ketones (excluding diaryl/α,β-unsaturated/α-hetero) is 2.